The van der Waals surface area contributed by atoms with Crippen LogP contribution in [0.25, 0.3) is 11.0 Å². The monoisotopic (exact) mass is 487 g/mol. The number of carbonyl (C=O) groups is 2. The Labute approximate surface area is 209 Å². The van der Waals surface area contributed by atoms with Crippen LogP contribution in [0.5, 0.6) is 5.75 Å². The van der Waals surface area contributed by atoms with E-state index < -0.39 is 17.8 Å². The molecule has 0 fully saturated rings. The lowest BCUT2D eigenvalue weighted by Crippen LogP contribution is -2.36. The molecule has 0 saturated heterocycles. The van der Waals surface area contributed by atoms with Gasteiger partial charge in [0.1, 0.15) is 23.0 Å². The van der Waals surface area contributed by atoms with Gasteiger partial charge in [-0.25, -0.2) is 0 Å². The SMILES string of the molecule is CCCOC(=O)C1C(C)=NC(C)=C(C(=O)c2cccc(OC)c2)C1c1cccc2c(=O)cc(C)oc12. The highest BCUT2D eigenvalue weighted by atomic mass is 16.5. The number of aryl methyl sites for hydroxylation is 1. The van der Waals surface area contributed by atoms with Crippen molar-refractivity contribution in [3.8, 4) is 5.75 Å². The topological polar surface area (TPSA) is 95.2 Å². The molecule has 0 saturated carbocycles. The van der Waals surface area contributed by atoms with Gasteiger partial charge in [0.25, 0.3) is 0 Å². The van der Waals surface area contributed by atoms with E-state index in [1.165, 1.54) is 13.2 Å². The van der Waals surface area contributed by atoms with E-state index >= 15 is 0 Å². The van der Waals surface area contributed by atoms with Gasteiger partial charge in [0.05, 0.1) is 19.1 Å². The molecule has 2 aromatic carbocycles. The summed E-state index contributed by atoms with van der Waals surface area (Å²) >= 11 is 0. The van der Waals surface area contributed by atoms with E-state index in [0.717, 1.165) is 0 Å². The lowest BCUT2D eigenvalue weighted by molar-refractivity contribution is -0.146. The number of rotatable bonds is 7. The number of allylic oxidation sites excluding steroid dienone is 2. The fraction of sp³-hybridized carbons (Fsp3) is 0.310. The predicted molar refractivity (Wildman–Crippen MR) is 138 cm³/mol. The van der Waals surface area contributed by atoms with Crippen molar-refractivity contribution < 1.29 is 23.5 Å². The Balaban J connectivity index is 1.99. The first-order chi connectivity index (χ1) is 17.3. The molecule has 4 rings (SSSR count). The number of carbonyl (C=O) groups excluding carboxylic acids is 2. The molecule has 1 aromatic heterocycles. The van der Waals surface area contributed by atoms with Gasteiger partial charge in [-0.15, -0.1) is 0 Å². The summed E-state index contributed by atoms with van der Waals surface area (Å²) in [7, 11) is 1.53. The smallest absolute Gasteiger partial charge is 0.315 e. The molecule has 7 heteroatoms. The molecule has 2 heterocycles. The fourth-order valence-corrected chi connectivity index (χ4v) is 4.75. The molecule has 0 bridgehead atoms. The van der Waals surface area contributed by atoms with Crippen LogP contribution in [0, 0.1) is 12.8 Å². The Hall–Kier alpha value is -4.00. The lowest BCUT2D eigenvalue weighted by Gasteiger charge is -2.32. The molecular weight excluding hydrogens is 458 g/mol. The third-order valence-corrected chi connectivity index (χ3v) is 6.35. The van der Waals surface area contributed by atoms with Crippen LogP contribution >= 0.6 is 0 Å². The molecule has 2 atom stereocenters. The number of benzene rings is 2. The normalized spacial score (nSPS) is 17.6. The van der Waals surface area contributed by atoms with Gasteiger partial charge in [-0.3, -0.25) is 19.4 Å². The number of para-hydroxylation sites is 1. The zero-order chi connectivity index (χ0) is 26.0. The number of fused-ring (bicyclic) bond motifs is 1. The fourth-order valence-electron chi connectivity index (χ4n) is 4.75. The van der Waals surface area contributed by atoms with Crippen molar-refractivity contribution in [1.82, 2.24) is 0 Å². The van der Waals surface area contributed by atoms with E-state index in [1.807, 2.05) is 6.92 Å². The molecule has 186 valence electrons. The average molecular weight is 488 g/mol. The van der Waals surface area contributed by atoms with Crippen molar-refractivity contribution in [3.05, 3.63) is 86.9 Å². The summed E-state index contributed by atoms with van der Waals surface area (Å²) in [5, 5.41) is 0.379. The molecule has 0 spiro atoms. The van der Waals surface area contributed by atoms with Crippen molar-refractivity contribution in [2.75, 3.05) is 13.7 Å². The van der Waals surface area contributed by atoms with Crippen LogP contribution in [0.2, 0.25) is 0 Å². The van der Waals surface area contributed by atoms with E-state index in [9.17, 15) is 14.4 Å². The van der Waals surface area contributed by atoms with Gasteiger partial charge in [-0.2, -0.15) is 0 Å². The molecule has 7 nitrogen and oxygen atoms in total. The van der Waals surface area contributed by atoms with E-state index in [2.05, 4.69) is 4.99 Å². The van der Waals surface area contributed by atoms with Gasteiger partial charge in [-0.05, 0) is 45.4 Å². The maximum Gasteiger partial charge on any atom is 0.315 e. The van der Waals surface area contributed by atoms with Crippen LogP contribution < -0.4 is 10.2 Å². The molecule has 1 aliphatic rings. The van der Waals surface area contributed by atoms with Crippen molar-refractivity contribution >= 4 is 28.4 Å². The minimum Gasteiger partial charge on any atom is -0.497 e. The highest BCUT2D eigenvalue weighted by Gasteiger charge is 2.43. The second-order valence-corrected chi connectivity index (χ2v) is 8.88. The van der Waals surface area contributed by atoms with E-state index in [0.29, 0.717) is 57.0 Å². The zero-order valence-electron chi connectivity index (χ0n) is 21.1. The minimum atomic E-state index is -0.860. The Bertz CT molecular complexity index is 1460. The van der Waals surface area contributed by atoms with Crippen LogP contribution in [0.1, 0.15) is 54.8 Å². The van der Waals surface area contributed by atoms with E-state index in [4.69, 9.17) is 13.9 Å². The van der Waals surface area contributed by atoms with Crippen molar-refractivity contribution in [2.24, 2.45) is 10.9 Å². The molecule has 2 unspecified atom stereocenters. The minimum absolute atomic E-state index is 0.191. The van der Waals surface area contributed by atoms with Gasteiger partial charge in [-0.1, -0.05) is 31.2 Å². The Morgan fingerprint density at radius 3 is 2.53 bits per heavy atom. The van der Waals surface area contributed by atoms with Gasteiger partial charge in [0.15, 0.2) is 11.2 Å². The van der Waals surface area contributed by atoms with E-state index in [-0.39, 0.29) is 17.8 Å². The van der Waals surface area contributed by atoms with Crippen molar-refractivity contribution in [3.63, 3.8) is 0 Å². The predicted octanol–water partition coefficient (Wildman–Crippen LogP) is 5.39. The Morgan fingerprint density at radius 1 is 1.06 bits per heavy atom. The second-order valence-electron chi connectivity index (χ2n) is 8.88. The lowest BCUT2D eigenvalue weighted by atomic mass is 9.73. The maximum atomic E-state index is 14.0. The zero-order valence-corrected chi connectivity index (χ0v) is 21.1. The van der Waals surface area contributed by atoms with Crippen molar-refractivity contribution in [2.45, 2.75) is 40.0 Å². The third kappa shape index (κ3) is 4.61. The number of hydrogen-bond donors (Lipinski definition) is 0. The van der Waals surface area contributed by atoms with Gasteiger partial charge in [0.2, 0.25) is 0 Å². The van der Waals surface area contributed by atoms with Gasteiger partial charge in [0, 0.05) is 40.1 Å². The molecule has 36 heavy (non-hydrogen) atoms. The molecule has 0 amide bonds. The third-order valence-electron chi connectivity index (χ3n) is 6.35. The van der Waals surface area contributed by atoms with Crippen LogP contribution in [0.4, 0.5) is 0 Å². The number of methoxy groups -OCH3 is 1. The summed E-state index contributed by atoms with van der Waals surface area (Å²) in [6, 6.07) is 13.5. The van der Waals surface area contributed by atoms with E-state index in [1.54, 1.807) is 63.2 Å². The first-order valence-corrected chi connectivity index (χ1v) is 11.9. The highest BCUT2D eigenvalue weighted by molar-refractivity contribution is 6.14. The number of aliphatic imine (C=N–C) groups is 1. The summed E-state index contributed by atoms with van der Waals surface area (Å²) in [4.78, 5) is 44.7. The molecule has 0 radical (unpaired) electrons. The standard InChI is InChI=1S/C29H29NO6/c1-6-13-35-29(33)25-18(4)30-17(3)24(27(32)19-9-7-10-20(15-19)34-5)26(25)22-12-8-11-21-23(31)14-16(2)36-28(21)22/h7-12,14-15,25-26H,6,13H2,1-5H3. The molecule has 3 aromatic rings. The number of esters is 1. The maximum absolute atomic E-state index is 14.0. The Kier molecular flexibility index (Phi) is 7.20. The van der Waals surface area contributed by atoms with Crippen LogP contribution in [0.15, 0.2) is 74.0 Å². The number of hydrogen-bond acceptors (Lipinski definition) is 7. The summed E-state index contributed by atoms with van der Waals surface area (Å²) in [6.45, 7) is 7.37. The number of nitrogens with zero attached hydrogens (tertiary/aromatic N) is 1. The quantitative estimate of drug-likeness (QED) is 0.327. The van der Waals surface area contributed by atoms with Crippen LogP contribution in [-0.2, 0) is 9.53 Å². The molecule has 1 aliphatic heterocycles. The average Bonchev–Trinajstić information content (AvgIpc) is 2.86. The van der Waals surface area contributed by atoms with Crippen LogP contribution in [-0.4, -0.2) is 31.2 Å². The Morgan fingerprint density at radius 2 is 1.81 bits per heavy atom. The summed E-state index contributed by atoms with van der Waals surface area (Å²) in [6.07, 6.45) is 0.659. The molecule has 0 N–H and O–H groups in total. The first kappa shape index (κ1) is 25.1. The van der Waals surface area contributed by atoms with Crippen LogP contribution in [0.3, 0.4) is 0 Å². The summed E-state index contributed by atoms with van der Waals surface area (Å²) in [5.41, 5.74) is 2.50. The highest BCUT2D eigenvalue weighted by Crippen LogP contribution is 2.43. The van der Waals surface area contributed by atoms with Gasteiger partial charge < -0.3 is 13.9 Å². The molecule has 0 aliphatic carbocycles. The molecular formula is C29H29NO6. The van der Waals surface area contributed by atoms with Gasteiger partial charge >= 0.3 is 5.97 Å². The first-order valence-electron chi connectivity index (χ1n) is 11.9. The second kappa shape index (κ2) is 10.3. The summed E-state index contributed by atoms with van der Waals surface area (Å²) in [5.74, 6) is -1.41. The number of Topliss-reactive ketones (excluding diaryl/α,β-unsaturated/α-hetero) is 1. The summed E-state index contributed by atoms with van der Waals surface area (Å²) < 4.78 is 16.9. The largest absolute Gasteiger partial charge is 0.497 e. The number of ketones is 1. The van der Waals surface area contributed by atoms with Crippen molar-refractivity contribution in [1.29, 1.82) is 0 Å². The number of ether oxygens (including phenoxy) is 2.